The Hall–Kier alpha value is -4.62. The number of hydrogen-bond acceptors (Lipinski definition) is 12. The molecule has 1 fully saturated rings. The second-order valence-corrected chi connectivity index (χ2v) is 13.4. The van der Waals surface area contributed by atoms with Crippen molar-refractivity contribution in [3.8, 4) is 11.5 Å². The Labute approximate surface area is 275 Å². The van der Waals surface area contributed by atoms with Gasteiger partial charge in [0.15, 0.2) is 5.82 Å². The predicted octanol–water partition coefficient (Wildman–Crippen LogP) is 2.03. The van der Waals surface area contributed by atoms with E-state index in [1.54, 1.807) is 18.2 Å². The van der Waals surface area contributed by atoms with Crippen LogP contribution >= 0.6 is 39.5 Å². The molecule has 19 heteroatoms. The van der Waals surface area contributed by atoms with Crippen molar-refractivity contribution in [1.82, 2.24) is 46.1 Å². The number of nitrogens with zero attached hydrogens (tertiary/aromatic N) is 5. The number of tetrazole rings is 1. The quantitative estimate of drug-likeness (QED) is 0.0915. The first-order chi connectivity index (χ1) is 22.0. The van der Waals surface area contributed by atoms with E-state index in [1.807, 2.05) is 6.92 Å². The van der Waals surface area contributed by atoms with E-state index in [-0.39, 0.29) is 39.6 Å². The lowest BCUT2D eigenvalue weighted by Crippen LogP contribution is -2.71. The monoisotopic (exact) mass is 729 g/mol. The van der Waals surface area contributed by atoms with Crippen molar-refractivity contribution < 1.29 is 34.5 Å². The highest BCUT2D eigenvalue weighted by atomic mass is 79.9. The summed E-state index contributed by atoms with van der Waals surface area (Å²) in [5.41, 5.74) is 1.44. The van der Waals surface area contributed by atoms with Gasteiger partial charge < -0.3 is 30.9 Å². The zero-order chi connectivity index (χ0) is 32.7. The third-order valence-electron chi connectivity index (χ3n) is 7.29. The Balaban J connectivity index is 1.24. The van der Waals surface area contributed by atoms with Gasteiger partial charge in [0.2, 0.25) is 11.1 Å². The second-order valence-electron chi connectivity index (χ2n) is 10.2. The van der Waals surface area contributed by atoms with Gasteiger partial charge in [0.05, 0.1) is 11.0 Å². The smallest absolute Gasteiger partial charge is 0.352 e. The zero-order valence-corrected chi connectivity index (χ0v) is 26.8. The number of rotatable bonds is 10. The molecular formula is C27H24BrN9O7S2. The minimum Gasteiger partial charge on any atom is -0.508 e. The van der Waals surface area contributed by atoms with Crippen LogP contribution < -0.4 is 10.6 Å². The van der Waals surface area contributed by atoms with Gasteiger partial charge in [-0.1, -0.05) is 34.6 Å². The number of β-lactam (4-membered cyclic amide) rings is 1. The third kappa shape index (κ3) is 5.99. The van der Waals surface area contributed by atoms with Crippen molar-refractivity contribution >= 4 is 74.2 Å². The number of halogens is 1. The van der Waals surface area contributed by atoms with E-state index in [0.29, 0.717) is 28.2 Å². The number of benzene rings is 2. The number of aromatic amines is 2. The van der Waals surface area contributed by atoms with Gasteiger partial charge in [0.1, 0.15) is 34.7 Å². The van der Waals surface area contributed by atoms with Crippen LogP contribution in [0.25, 0.3) is 11.0 Å². The normalized spacial score (nSPS) is 18.9. The maximum atomic E-state index is 13.7. The van der Waals surface area contributed by atoms with Crippen molar-refractivity contribution in [2.24, 2.45) is 0 Å². The number of carbonyl (C=O) groups excluding carboxylic acids is 3. The summed E-state index contributed by atoms with van der Waals surface area (Å²) in [6.07, 6.45) is 0.527. The number of thioether (sulfide) groups is 2. The summed E-state index contributed by atoms with van der Waals surface area (Å²) in [5.74, 6) is -4.10. The summed E-state index contributed by atoms with van der Waals surface area (Å²) >= 11 is 5.87. The van der Waals surface area contributed by atoms with Crippen molar-refractivity contribution in [3.05, 3.63) is 63.5 Å². The molecule has 0 saturated carbocycles. The molecule has 3 amide bonds. The van der Waals surface area contributed by atoms with Gasteiger partial charge in [0, 0.05) is 21.5 Å². The Morgan fingerprint density at radius 3 is 2.63 bits per heavy atom. The number of phenols is 2. The molecule has 4 atom stereocenters. The Morgan fingerprint density at radius 2 is 1.96 bits per heavy atom. The van der Waals surface area contributed by atoms with E-state index in [9.17, 15) is 34.5 Å². The van der Waals surface area contributed by atoms with Crippen molar-refractivity contribution in [3.63, 3.8) is 0 Å². The second kappa shape index (κ2) is 12.6. The molecule has 3 unspecified atom stereocenters. The highest BCUT2D eigenvalue weighted by Gasteiger charge is 2.55. The average Bonchev–Trinajstić information content (AvgIpc) is 3.69. The van der Waals surface area contributed by atoms with E-state index in [0.717, 1.165) is 15.4 Å². The first-order valence-electron chi connectivity index (χ1n) is 13.6. The number of nitrogens with one attached hydrogen (secondary N) is 4. The minimum absolute atomic E-state index is 0.0276. The Bertz CT molecular complexity index is 1880. The van der Waals surface area contributed by atoms with Gasteiger partial charge in [-0.2, -0.15) is 5.21 Å². The van der Waals surface area contributed by atoms with Gasteiger partial charge in [-0.25, -0.2) is 9.78 Å². The molecule has 0 radical (unpaired) electrons. The minimum atomic E-state index is -1.48. The van der Waals surface area contributed by atoms with Crippen LogP contribution in [0.3, 0.4) is 0 Å². The number of H-pyrrole nitrogens is 2. The zero-order valence-electron chi connectivity index (χ0n) is 23.6. The number of aliphatic carboxylic acids is 1. The molecule has 2 aromatic carbocycles. The number of carboxylic acids is 1. The molecule has 6 rings (SSSR count). The molecule has 0 aliphatic carbocycles. The molecular weight excluding hydrogens is 706 g/mol. The molecule has 0 spiro atoms. The van der Waals surface area contributed by atoms with Crippen LogP contribution in [0.2, 0.25) is 0 Å². The van der Waals surface area contributed by atoms with Gasteiger partial charge in [0.25, 0.3) is 11.8 Å². The Kier molecular flexibility index (Phi) is 8.62. The van der Waals surface area contributed by atoms with Gasteiger partial charge >= 0.3 is 5.97 Å². The fourth-order valence-corrected chi connectivity index (χ4v) is 8.06. The number of carboxylic acid groups (broad SMARTS) is 1. The van der Waals surface area contributed by atoms with Crippen LogP contribution in [-0.2, 0) is 14.4 Å². The molecule has 0 bridgehead atoms. The lowest BCUT2D eigenvalue weighted by atomic mass is 9.99. The lowest BCUT2D eigenvalue weighted by Gasteiger charge is -2.50. The molecule has 4 aromatic rings. The number of carbonyl (C=O) groups is 4. The SMILES string of the molecule is CCC(Sc1nn[nH]n1)C1=C(C(=O)O)N2C(=O)C(NC(=O)C(NC(=O)c3nc4ccc(Br)cc4[nH]3)c3cc(O)cc(O)c3)[C@@H]2SC1. The van der Waals surface area contributed by atoms with Crippen LogP contribution in [0.1, 0.15) is 35.6 Å². The van der Waals surface area contributed by atoms with E-state index >= 15 is 0 Å². The summed E-state index contributed by atoms with van der Waals surface area (Å²) < 4.78 is 0.756. The first kappa shape index (κ1) is 31.4. The average molecular weight is 731 g/mol. The summed E-state index contributed by atoms with van der Waals surface area (Å²) in [7, 11) is 0. The number of fused-ring (bicyclic) bond motifs is 2. The number of imidazole rings is 1. The van der Waals surface area contributed by atoms with Gasteiger partial charge in [-0.3, -0.25) is 19.3 Å². The van der Waals surface area contributed by atoms with Gasteiger partial charge in [-0.05, 0) is 53.1 Å². The molecule has 46 heavy (non-hydrogen) atoms. The van der Waals surface area contributed by atoms with E-state index < -0.39 is 41.1 Å². The van der Waals surface area contributed by atoms with Gasteiger partial charge in [-0.15, -0.1) is 22.0 Å². The summed E-state index contributed by atoms with van der Waals surface area (Å²) in [5, 5.41) is 48.5. The number of amides is 3. The van der Waals surface area contributed by atoms with E-state index in [1.165, 1.54) is 35.7 Å². The van der Waals surface area contributed by atoms with Crippen molar-refractivity contribution in [2.75, 3.05) is 5.75 Å². The molecule has 16 nitrogen and oxygen atoms in total. The van der Waals surface area contributed by atoms with Crippen LogP contribution in [0, 0.1) is 0 Å². The number of aromatic nitrogens is 6. The summed E-state index contributed by atoms with van der Waals surface area (Å²) in [4.78, 5) is 61.2. The maximum Gasteiger partial charge on any atom is 0.352 e. The highest BCUT2D eigenvalue weighted by molar-refractivity contribution is 9.10. The molecule has 2 aliphatic rings. The maximum absolute atomic E-state index is 13.7. The highest BCUT2D eigenvalue weighted by Crippen LogP contribution is 2.44. The molecule has 1 saturated heterocycles. The molecule has 2 aromatic heterocycles. The topological polar surface area (TPSA) is 239 Å². The van der Waals surface area contributed by atoms with Crippen LogP contribution in [0.15, 0.2) is 57.3 Å². The molecule has 238 valence electrons. The molecule has 4 heterocycles. The fourth-order valence-electron chi connectivity index (χ4n) is 5.23. The number of phenolic OH excluding ortho intramolecular Hbond substituents is 2. The van der Waals surface area contributed by atoms with Crippen LogP contribution in [-0.4, -0.2) is 96.9 Å². The summed E-state index contributed by atoms with van der Waals surface area (Å²) in [6.45, 7) is 1.87. The molecule has 2 aliphatic heterocycles. The lowest BCUT2D eigenvalue weighted by molar-refractivity contribution is -0.151. The standard InChI is InChI=1S/C27H24BrN9O7S2/c1-2-17(46-27-33-35-36-34-27)14-9-45-25-19(24(42)37(25)20(14)26(43)44)32-22(40)18(10-5-12(38)8-13(39)6-10)31-23(41)21-29-15-4-3-11(28)7-16(15)30-21/h3-8,17-19,25,38-39H,2,9H2,1H3,(H,29,30)(H,31,41)(H,32,40)(H,43,44)(H,33,34,35,36)/t17?,18?,19?,25-/m0/s1. The fraction of sp³-hybridized carbons (Fsp3) is 0.259. The van der Waals surface area contributed by atoms with E-state index in [2.05, 4.69) is 57.2 Å². The van der Waals surface area contributed by atoms with Crippen molar-refractivity contribution in [2.45, 2.75) is 41.2 Å². The first-order valence-corrected chi connectivity index (χ1v) is 16.4. The number of aromatic hydroxyl groups is 2. The largest absolute Gasteiger partial charge is 0.508 e. The van der Waals surface area contributed by atoms with Crippen LogP contribution in [0.5, 0.6) is 11.5 Å². The predicted molar refractivity (Wildman–Crippen MR) is 168 cm³/mol. The molecule has 7 N–H and O–H groups in total. The number of hydrogen-bond donors (Lipinski definition) is 7. The Morgan fingerprint density at radius 1 is 1.20 bits per heavy atom. The summed E-state index contributed by atoms with van der Waals surface area (Å²) in [6, 6.07) is 6.00. The third-order valence-corrected chi connectivity index (χ3v) is 10.4. The van der Waals surface area contributed by atoms with Crippen LogP contribution in [0.4, 0.5) is 0 Å². The van der Waals surface area contributed by atoms with Crippen molar-refractivity contribution in [1.29, 1.82) is 0 Å². The van der Waals surface area contributed by atoms with E-state index in [4.69, 9.17) is 0 Å².